The number of piperidine rings is 1. The van der Waals surface area contributed by atoms with Crippen molar-refractivity contribution in [3.63, 3.8) is 0 Å². The lowest BCUT2D eigenvalue weighted by molar-refractivity contribution is 0.0947. The minimum Gasteiger partial charge on any atom is -0.496 e. The van der Waals surface area contributed by atoms with Gasteiger partial charge in [-0.3, -0.25) is 9.20 Å². The van der Waals surface area contributed by atoms with Gasteiger partial charge in [0.2, 0.25) is 0 Å². The third-order valence-corrected chi connectivity index (χ3v) is 7.87. The SMILES string of the molecule is CCCN1CCC(c2cn3c(-c4cn(-c5cc(C(=O)NC6CC6)c(F)cc5C)nn4)cnc3cc2OC)CC1. The predicted octanol–water partition coefficient (Wildman–Crippen LogP) is 4.52. The van der Waals surface area contributed by atoms with Crippen molar-refractivity contribution in [2.45, 2.75) is 57.9 Å². The van der Waals surface area contributed by atoms with Crippen LogP contribution < -0.4 is 10.1 Å². The van der Waals surface area contributed by atoms with E-state index in [1.165, 1.54) is 18.1 Å². The number of nitrogens with zero attached hydrogens (tertiary/aromatic N) is 6. The fourth-order valence-corrected chi connectivity index (χ4v) is 5.55. The van der Waals surface area contributed by atoms with Gasteiger partial charge in [0.1, 0.15) is 22.9 Å². The number of methoxy groups -OCH3 is 1. The molecule has 1 saturated carbocycles. The summed E-state index contributed by atoms with van der Waals surface area (Å²) in [4.78, 5) is 19.7. The molecule has 0 atom stereocenters. The molecule has 4 heterocycles. The monoisotopic (exact) mass is 531 g/mol. The molecule has 1 aliphatic carbocycles. The smallest absolute Gasteiger partial charge is 0.254 e. The fourth-order valence-electron chi connectivity index (χ4n) is 5.55. The second-order valence-electron chi connectivity index (χ2n) is 10.7. The number of benzene rings is 1. The van der Waals surface area contributed by atoms with E-state index in [9.17, 15) is 9.18 Å². The number of likely N-dealkylation sites (tertiary alicyclic amines) is 1. The molecule has 0 unspecified atom stereocenters. The number of carbonyl (C=O) groups is 1. The minimum atomic E-state index is -0.543. The van der Waals surface area contributed by atoms with E-state index in [0.717, 1.165) is 62.4 Å². The number of rotatable bonds is 8. The summed E-state index contributed by atoms with van der Waals surface area (Å²) in [7, 11) is 1.71. The summed E-state index contributed by atoms with van der Waals surface area (Å²) in [5, 5.41) is 11.6. The molecule has 6 rings (SSSR count). The fraction of sp³-hybridized carbons (Fsp3) is 0.448. The molecule has 39 heavy (non-hydrogen) atoms. The molecule has 3 aromatic heterocycles. The average Bonchev–Trinajstić information content (AvgIpc) is 3.45. The van der Waals surface area contributed by atoms with Gasteiger partial charge in [-0.2, -0.15) is 0 Å². The molecule has 2 fully saturated rings. The van der Waals surface area contributed by atoms with E-state index in [4.69, 9.17) is 4.74 Å². The number of fused-ring (bicyclic) bond motifs is 1. The highest BCUT2D eigenvalue weighted by molar-refractivity contribution is 5.95. The summed E-state index contributed by atoms with van der Waals surface area (Å²) >= 11 is 0. The standard InChI is InChI=1S/C29H34FN7O2/c1-4-9-35-10-7-19(8-11-35)22-16-36-26(15-31-28(36)14-27(22)39-3)24-17-37(34-33-24)25-13-21(23(30)12-18(25)2)29(38)32-20-5-6-20/h12-17,19-20H,4-11H2,1-3H3,(H,32,38). The molecule has 10 heteroatoms. The van der Waals surface area contributed by atoms with Crippen LogP contribution in [0.5, 0.6) is 5.75 Å². The Morgan fingerprint density at radius 3 is 2.67 bits per heavy atom. The Hall–Kier alpha value is -3.79. The first kappa shape index (κ1) is 25.5. The average molecular weight is 532 g/mol. The van der Waals surface area contributed by atoms with Crippen LogP contribution >= 0.6 is 0 Å². The van der Waals surface area contributed by atoms with Crippen LogP contribution in [0.15, 0.2) is 36.8 Å². The number of imidazole rings is 1. The molecule has 2 aliphatic rings. The molecule has 0 radical (unpaired) electrons. The second-order valence-corrected chi connectivity index (χ2v) is 10.7. The molecule has 0 bridgehead atoms. The quantitative estimate of drug-likeness (QED) is 0.360. The zero-order chi connectivity index (χ0) is 27.1. The lowest BCUT2D eigenvalue weighted by atomic mass is 9.89. The number of hydrogen-bond donors (Lipinski definition) is 1. The van der Waals surface area contributed by atoms with Gasteiger partial charge in [-0.25, -0.2) is 14.1 Å². The largest absolute Gasteiger partial charge is 0.496 e. The maximum absolute atomic E-state index is 14.7. The van der Waals surface area contributed by atoms with Crippen molar-refractivity contribution in [2.75, 3.05) is 26.7 Å². The third-order valence-electron chi connectivity index (χ3n) is 7.87. The van der Waals surface area contributed by atoms with Crippen molar-refractivity contribution in [3.8, 4) is 22.8 Å². The molecule has 4 aromatic rings. The first-order valence-electron chi connectivity index (χ1n) is 13.8. The number of amides is 1. The van der Waals surface area contributed by atoms with Gasteiger partial charge in [-0.05, 0) is 82.3 Å². The molecule has 1 aliphatic heterocycles. The van der Waals surface area contributed by atoms with E-state index in [2.05, 4.69) is 38.6 Å². The highest BCUT2D eigenvalue weighted by Crippen LogP contribution is 2.36. The summed E-state index contributed by atoms with van der Waals surface area (Å²) in [6.07, 6.45) is 10.9. The summed E-state index contributed by atoms with van der Waals surface area (Å²) in [5.41, 5.74) is 4.64. The Bertz CT molecular complexity index is 1520. The molecule has 1 N–H and O–H groups in total. The van der Waals surface area contributed by atoms with Gasteiger partial charge >= 0.3 is 0 Å². The zero-order valence-corrected chi connectivity index (χ0v) is 22.7. The lowest BCUT2D eigenvalue weighted by Crippen LogP contribution is -2.33. The first-order chi connectivity index (χ1) is 18.9. The topological polar surface area (TPSA) is 89.6 Å². The van der Waals surface area contributed by atoms with E-state index in [1.54, 1.807) is 37.2 Å². The van der Waals surface area contributed by atoms with E-state index >= 15 is 0 Å². The number of pyridine rings is 1. The third kappa shape index (κ3) is 5.01. The number of carbonyl (C=O) groups excluding carboxylic acids is 1. The van der Waals surface area contributed by atoms with Crippen LogP contribution in [-0.4, -0.2) is 68.0 Å². The van der Waals surface area contributed by atoms with Crippen LogP contribution in [0.4, 0.5) is 4.39 Å². The highest BCUT2D eigenvalue weighted by Gasteiger charge is 2.27. The van der Waals surface area contributed by atoms with E-state index in [1.807, 2.05) is 10.5 Å². The molecule has 1 amide bonds. The number of aryl methyl sites for hydroxylation is 1. The molecular formula is C29H34FN7O2. The van der Waals surface area contributed by atoms with Gasteiger partial charge < -0.3 is 15.0 Å². The Kier molecular flexibility index (Phi) is 6.80. The van der Waals surface area contributed by atoms with E-state index < -0.39 is 11.7 Å². The van der Waals surface area contributed by atoms with Crippen molar-refractivity contribution in [1.29, 1.82) is 0 Å². The van der Waals surface area contributed by atoms with Crippen molar-refractivity contribution >= 4 is 11.6 Å². The van der Waals surface area contributed by atoms with Gasteiger partial charge in [0, 0.05) is 23.9 Å². The van der Waals surface area contributed by atoms with Crippen LogP contribution in [0, 0.1) is 12.7 Å². The van der Waals surface area contributed by atoms with Crippen LogP contribution in [0.1, 0.15) is 66.4 Å². The number of hydrogen-bond acceptors (Lipinski definition) is 6. The molecule has 9 nitrogen and oxygen atoms in total. The van der Waals surface area contributed by atoms with Crippen molar-refractivity contribution < 1.29 is 13.9 Å². The van der Waals surface area contributed by atoms with E-state index in [0.29, 0.717) is 22.9 Å². The van der Waals surface area contributed by atoms with Crippen molar-refractivity contribution in [1.82, 2.24) is 34.6 Å². The van der Waals surface area contributed by atoms with Gasteiger partial charge in [0.15, 0.2) is 0 Å². The van der Waals surface area contributed by atoms with Gasteiger partial charge in [0.05, 0.1) is 36.4 Å². The number of halogens is 1. The zero-order valence-electron chi connectivity index (χ0n) is 22.7. The summed E-state index contributed by atoms with van der Waals surface area (Å²) < 4.78 is 24.1. The number of nitrogens with one attached hydrogen (secondary N) is 1. The molecule has 204 valence electrons. The number of ether oxygens (including phenoxy) is 1. The molecule has 1 saturated heterocycles. The molecule has 1 aromatic carbocycles. The van der Waals surface area contributed by atoms with Gasteiger partial charge in [-0.15, -0.1) is 5.10 Å². The normalized spacial score (nSPS) is 16.6. The van der Waals surface area contributed by atoms with Crippen LogP contribution in [-0.2, 0) is 0 Å². The molecule has 0 spiro atoms. The maximum atomic E-state index is 14.7. The van der Waals surface area contributed by atoms with Gasteiger partial charge in [-0.1, -0.05) is 12.1 Å². The lowest BCUT2D eigenvalue weighted by Gasteiger charge is -2.32. The van der Waals surface area contributed by atoms with Crippen LogP contribution in [0.3, 0.4) is 0 Å². The number of aromatic nitrogens is 5. The van der Waals surface area contributed by atoms with E-state index in [-0.39, 0.29) is 11.6 Å². The predicted molar refractivity (Wildman–Crippen MR) is 146 cm³/mol. The Morgan fingerprint density at radius 1 is 1.15 bits per heavy atom. The minimum absolute atomic E-state index is 0.0103. The second kappa shape index (κ2) is 10.4. The summed E-state index contributed by atoms with van der Waals surface area (Å²) in [6.45, 7) is 7.33. The van der Waals surface area contributed by atoms with Crippen molar-refractivity contribution in [3.05, 3.63) is 59.3 Å². The highest BCUT2D eigenvalue weighted by atomic mass is 19.1. The summed E-state index contributed by atoms with van der Waals surface area (Å²) in [6, 6.07) is 5.04. The van der Waals surface area contributed by atoms with Crippen LogP contribution in [0.2, 0.25) is 0 Å². The Morgan fingerprint density at radius 2 is 1.95 bits per heavy atom. The summed E-state index contributed by atoms with van der Waals surface area (Å²) in [5.74, 6) is 0.320. The first-order valence-corrected chi connectivity index (χ1v) is 13.8. The molecular weight excluding hydrogens is 497 g/mol. The van der Waals surface area contributed by atoms with Crippen molar-refractivity contribution in [2.24, 2.45) is 0 Å². The maximum Gasteiger partial charge on any atom is 0.254 e. The Labute approximate surface area is 227 Å². The van der Waals surface area contributed by atoms with Crippen LogP contribution in [0.25, 0.3) is 22.7 Å². The Balaban J connectivity index is 1.32. The van der Waals surface area contributed by atoms with Gasteiger partial charge in [0.25, 0.3) is 5.91 Å².